The lowest BCUT2D eigenvalue weighted by molar-refractivity contribution is -0.140. The number of amides is 2. The van der Waals surface area contributed by atoms with Crippen LogP contribution in [-0.4, -0.2) is 43.8 Å². The van der Waals surface area contributed by atoms with Crippen molar-refractivity contribution in [1.82, 2.24) is 10.2 Å². The molecule has 1 atom stereocenters. The summed E-state index contributed by atoms with van der Waals surface area (Å²) in [6, 6.07) is 17.2. The van der Waals surface area contributed by atoms with Gasteiger partial charge in [-0.15, -0.1) is 0 Å². The summed E-state index contributed by atoms with van der Waals surface area (Å²) < 4.78 is 42.3. The number of sulfonamides is 1. The number of hydrogen-bond acceptors (Lipinski definition) is 4. The topological polar surface area (TPSA) is 86.8 Å². The normalized spacial score (nSPS) is 12.2. The molecule has 3 aromatic carbocycles. The minimum Gasteiger partial charge on any atom is -0.352 e. The van der Waals surface area contributed by atoms with Gasteiger partial charge in [0.25, 0.3) is 10.0 Å². The molecule has 0 saturated heterocycles. The Morgan fingerprint density at radius 3 is 2.21 bits per heavy atom. The lowest BCUT2D eigenvalue weighted by Gasteiger charge is -2.34. The second kappa shape index (κ2) is 13.1. The zero-order chi connectivity index (χ0) is 28.7. The molecular formula is C29H33ClFN3O4S. The highest BCUT2D eigenvalue weighted by Gasteiger charge is 2.34. The highest BCUT2D eigenvalue weighted by atomic mass is 35.5. The second-order valence-corrected chi connectivity index (χ2v) is 11.7. The van der Waals surface area contributed by atoms with Crippen molar-refractivity contribution in [3.63, 3.8) is 0 Å². The van der Waals surface area contributed by atoms with E-state index >= 15 is 0 Å². The number of carbonyl (C=O) groups is 2. The molecule has 0 aliphatic carbocycles. The summed E-state index contributed by atoms with van der Waals surface area (Å²) in [7, 11) is -4.20. The van der Waals surface area contributed by atoms with Crippen molar-refractivity contribution in [3.8, 4) is 0 Å². The van der Waals surface area contributed by atoms with Crippen molar-refractivity contribution >= 4 is 39.1 Å². The Morgan fingerprint density at radius 1 is 0.974 bits per heavy atom. The van der Waals surface area contributed by atoms with E-state index in [4.69, 9.17) is 11.6 Å². The molecule has 0 aliphatic rings. The van der Waals surface area contributed by atoms with Gasteiger partial charge < -0.3 is 10.2 Å². The number of hydrogen-bond donors (Lipinski definition) is 1. The van der Waals surface area contributed by atoms with Gasteiger partial charge in [0.05, 0.1) is 10.6 Å². The van der Waals surface area contributed by atoms with Crippen LogP contribution in [0.4, 0.5) is 10.1 Å². The van der Waals surface area contributed by atoms with Gasteiger partial charge >= 0.3 is 0 Å². The van der Waals surface area contributed by atoms with Gasteiger partial charge in [0.15, 0.2) is 0 Å². The molecule has 3 rings (SSSR count). The number of rotatable bonds is 11. The number of benzene rings is 3. The quantitative estimate of drug-likeness (QED) is 0.337. The van der Waals surface area contributed by atoms with E-state index in [1.165, 1.54) is 41.3 Å². The van der Waals surface area contributed by atoms with Crippen LogP contribution in [0.5, 0.6) is 0 Å². The summed E-state index contributed by atoms with van der Waals surface area (Å²) in [5, 5.41) is 3.19. The van der Waals surface area contributed by atoms with Crippen LogP contribution < -0.4 is 9.62 Å². The third kappa shape index (κ3) is 7.36. The summed E-state index contributed by atoms with van der Waals surface area (Å²) in [6.45, 7) is 6.48. The summed E-state index contributed by atoms with van der Waals surface area (Å²) in [5.41, 5.74) is 1.33. The first-order chi connectivity index (χ1) is 18.4. The first-order valence-corrected chi connectivity index (χ1v) is 14.4. The van der Waals surface area contributed by atoms with E-state index in [0.29, 0.717) is 16.1 Å². The number of carbonyl (C=O) groups excluding carboxylic acids is 2. The Balaban J connectivity index is 2.09. The molecule has 208 valence electrons. The van der Waals surface area contributed by atoms with E-state index in [1.807, 2.05) is 13.8 Å². The van der Waals surface area contributed by atoms with Crippen LogP contribution >= 0.6 is 11.6 Å². The van der Waals surface area contributed by atoms with Crippen LogP contribution in [0.3, 0.4) is 0 Å². The van der Waals surface area contributed by atoms with Gasteiger partial charge in [-0.1, -0.05) is 54.9 Å². The molecule has 0 saturated carbocycles. The van der Waals surface area contributed by atoms with E-state index in [0.717, 1.165) is 4.31 Å². The van der Waals surface area contributed by atoms with Gasteiger partial charge in [0.1, 0.15) is 18.4 Å². The van der Waals surface area contributed by atoms with Crippen LogP contribution in [0, 0.1) is 12.7 Å². The predicted molar refractivity (Wildman–Crippen MR) is 151 cm³/mol. The second-order valence-electron chi connectivity index (χ2n) is 9.44. The highest BCUT2D eigenvalue weighted by molar-refractivity contribution is 7.92. The average molecular weight is 574 g/mol. The van der Waals surface area contributed by atoms with Crippen LogP contribution in [-0.2, 0) is 26.2 Å². The zero-order valence-electron chi connectivity index (χ0n) is 22.4. The molecule has 10 heteroatoms. The maximum Gasteiger partial charge on any atom is 0.264 e. The van der Waals surface area contributed by atoms with Crippen molar-refractivity contribution in [1.29, 1.82) is 0 Å². The number of halogens is 2. The average Bonchev–Trinajstić information content (AvgIpc) is 2.90. The number of nitrogens with zero attached hydrogens (tertiary/aromatic N) is 2. The van der Waals surface area contributed by atoms with Crippen LogP contribution in [0.1, 0.15) is 38.3 Å². The highest BCUT2D eigenvalue weighted by Crippen LogP contribution is 2.31. The van der Waals surface area contributed by atoms with Gasteiger partial charge in [0.2, 0.25) is 11.8 Å². The molecule has 39 heavy (non-hydrogen) atoms. The maximum atomic E-state index is 14.0. The first kappa shape index (κ1) is 30.1. The molecule has 2 amide bonds. The van der Waals surface area contributed by atoms with Crippen molar-refractivity contribution in [2.75, 3.05) is 10.8 Å². The SMILES string of the molecule is CC[C@H](C(=O)NC(C)C)N(Cc1ccc(F)cc1)C(=O)CN(c1cccc(Cl)c1C)S(=O)(=O)c1ccccc1. The Kier molecular flexibility index (Phi) is 10.1. The maximum absolute atomic E-state index is 14.0. The Hall–Kier alpha value is -3.43. The van der Waals surface area contributed by atoms with Crippen molar-refractivity contribution in [3.05, 3.63) is 94.8 Å². The predicted octanol–water partition coefficient (Wildman–Crippen LogP) is 5.31. The minimum absolute atomic E-state index is 0.00634. The minimum atomic E-state index is -4.20. The number of nitrogens with one attached hydrogen (secondary N) is 1. The van der Waals surface area contributed by atoms with Crippen LogP contribution in [0.15, 0.2) is 77.7 Å². The summed E-state index contributed by atoms with van der Waals surface area (Å²) >= 11 is 6.34. The molecular weight excluding hydrogens is 541 g/mol. The standard InChI is InChI=1S/C29H33ClFN3O4S/c1-5-26(29(36)32-20(2)3)33(18-22-14-16-23(31)17-15-22)28(35)19-34(27-13-9-12-25(30)21(27)4)39(37,38)24-10-7-6-8-11-24/h6-17,20,26H,5,18-19H2,1-4H3,(H,32,36)/t26-/m1/s1. The van der Waals surface area contributed by atoms with Gasteiger partial charge in [-0.2, -0.15) is 0 Å². The largest absolute Gasteiger partial charge is 0.352 e. The third-order valence-corrected chi connectivity index (χ3v) is 8.38. The zero-order valence-corrected chi connectivity index (χ0v) is 24.0. The van der Waals surface area contributed by atoms with E-state index in [2.05, 4.69) is 5.32 Å². The molecule has 1 N–H and O–H groups in total. The van der Waals surface area contributed by atoms with Gasteiger partial charge in [-0.05, 0) is 74.7 Å². The molecule has 0 fully saturated rings. The van der Waals surface area contributed by atoms with Crippen molar-refractivity contribution in [2.24, 2.45) is 0 Å². The van der Waals surface area contributed by atoms with Gasteiger partial charge in [-0.25, -0.2) is 12.8 Å². The van der Waals surface area contributed by atoms with E-state index < -0.39 is 34.3 Å². The lowest BCUT2D eigenvalue weighted by Crippen LogP contribution is -2.53. The molecule has 0 heterocycles. The van der Waals surface area contributed by atoms with Crippen LogP contribution in [0.25, 0.3) is 0 Å². The fraction of sp³-hybridized carbons (Fsp3) is 0.310. The molecule has 0 aliphatic heterocycles. The Bertz CT molecular complexity index is 1400. The summed E-state index contributed by atoms with van der Waals surface area (Å²) in [5.74, 6) is -1.39. The Labute approximate surface area is 234 Å². The molecule has 0 aromatic heterocycles. The third-order valence-electron chi connectivity index (χ3n) is 6.20. The van der Waals surface area contributed by atoms with Crippen molar-refractivity contribution in [2.45, 2.75) is 57.6 Å². The molecule has 0 spiro atoms. The molecule has 7 nitrogen and oxygen atoms in total. The molecule has 0 bridgehead atoms. The van der Waals surface area contributed by atoms with Gasteiger partial charge in [-0.3, -0.25) is 13.9 Å². The van der Waals surface area contributed by atoms with E-state index in [9.17, 15) is 22.4 Å². The first-order valence-electron chi connectivity index (χ1n) is 12.6. The van der Waals surface area contributed by atoms with E-state index in [-0.39, 0.29) is 35.5 Å². The molecule has 3 aromatic rings. The smallest absolute Gasteiger partial charge is 0.264 e. The fourth-order valence-corrected chi connectivity index (χ4v) is 5.85. The number of anilines is 1. The monoisotopic (exact) mass is 573 g/mol. The molecule has 0 radical (unpaired) electrons. The molecule has 0 unspecified atom stereocenters. The lowest BCUT2D eigenvalue weighted by atomic mass is 10.1. The van der Waals surface area contributed by atoms with Crippen molar-refractivity contribution < 1.29 is 22.4 Å². The fourth-order valence-electron chi connectivity index (χ4n) is 4.19. The van der Waals surface area contributed by atoms with Crippen LogP contribution in [0.2, 0.25) is 5.02 Å². The summed E-state index contributed by atoms with van der Waals surface area (Å²) in [6.07, 6.45) is 0.285. The Morgan fingerprint density at radius 2 is 1.62 bits per heavy atom. The van der Waals surface area contributed by atoms with Gasteiger partial charge in [0, 0.05) is 17.6 Å². The van der Waals surface area contributed by atoms with E-state index in [1.54, 1.807) is 50.2 Å². The summed E-state index contributed by atoms with van der Waals surface area (Å²) in [4.78, 5) is 28.5.